The number of nitrogens with zero attached hydrogens (tertiary/aromatic N) is 1. The number of aromatic carboxylic acids is 1. The molecule has 18 heavy (non-hydrogen) atoms. The largest absolute Gasteiger partial charge is 0.487 e. The fraction of sp³-hybridized carbons (Fsp3) is 0.231. The maximum atomic E-state index is 10.8. The molecular formula is C13H13NO4. The summed E-state index contributed by atoms with van der Waals surface area (Å²) in [5.74, 6) is 0.0693. The van der Waals surface area contributed by atoms with Gasteiger partial charge in [-0.1, -0.05) is 0 Å². The van der Waals surface area contributed by atoms with Crippen LogP contribution in [0.15, 0.2) is 28.8 Å². The molecule has 0 saturated heterocycles. The van der Waals surface area contributed by atoms with Gasteiger partial charge in [0, 0.05) is 11.8 Å². The zero-order valence-electron chi connectivity index (χ0n) is 10.1. The summed E-state index contributed by atoms with van der Waals surface area (Å²) in [5, 5.41) is 8.81. The number of pyridine rings is 1. The number of rotatable bonds is 4. The van der Waals surface area contributed by atoms with Crippen molar-refractivity contribution < 1.29 is 19.1 Å². The van der Waals surface area contributed by atoms with E-state index in [0.717, 1.165) is 11.3 Å². The van der Waals surface area contributed by atoms with E-state index in [2.05, 4.69) is 4.98 Å². The van der Waals surface area contributed by atoms with Crippen LogP contribution in [0.25, 0.3) is 0 Å². The number of hydrogen-bond acceptors (Lipinski definition) is 4. The van der Waals surface area contributed by atoms with Crippen molar-refractivity contribution in [1.82, 2.24) is 4.98 Å². The number of aromatic nitrogens is 1. The van der Waals surface area contributed by atoms with Crippen LogP contribution in [0.1, 0.15) is 27.6 Å². The molecule has 0 saturated carbocycles. The summed E-state index contributed by atoms with van der Waals surface area (Å²) in [5.41, 5.74) is 1.51. The Balaban J connectivity index is 2.11. The quantitative estimate of drug-likeness (QED) is 0.898. The van der Waals surface area contributed by atoms with E-state index in [4.69, 9.17) is 14.3 Å². The second-order valence-electron chi connectivity index (χ2n) is 3.87. The van der Waals surface area contributed by atoms with E-state index in [1.165, 1.54) is 6.07 Å². The smallest absolute Gasteiger partial charge is 0.371 e. The summed E-state index contributed by atoms with van der Waals surface area (Å²) < 4.78 is 10.7. The fourth-order valence-corrected chi connectivity index (χ4v) is 1.55. The van der Waals surface area contributed by atoms with Crippen molar-refractivity contribution in [3.63, 3.8) is 0 Å². The SMILES string of the molecule is Cc1ncccc1OCc1cc(C(=O)O)oc1C. The zero-order valence-corrected chi connectivity index (χ0v) is 10.1. The second-order valence-corrected chi connectivity index (χ2v) is 3.87. The van der Waals surface area contributed by atoms with Gasteiger partial charge in [0.05, 0.1) is 5.69 Å². The van der Waals surface area contributed by atoms with Crippen molar-refractivity contribution in [2.75, 3.05) is 0 Å². The number of furan rings is 1. The van der Waals surface area contributed by atoms with Crippen LogP contribution in [0.5, 0.6) is 5.75 Å². The van der Waals surface area contributed by atoms with E-state index < -0.39 is 5.97 Å². The topological polar surface area (TPSA) is 72.6 Å². The van der Waals surface area contributed by atoms with E-state index in [-0.39, 0.29) is 12.4 Å². The van der Waals surface area contributed by atoms with E-state index in [1.54, 1.807) is 19.2 Å². The highest BCUT2D eigenvalue weighted by atomic mass is 16.5. The summed E-state index contributed by atoms with van der Waals surface area (Å²) in [4.78, 5) is 14.9. The van der Waals surface area contributed by atoms with Crippen LogP contribution >= 0.6 is 0 Å². The van der Waals surface area contributed by atoms with Crippen LogP contribution in [-0.4, -0.2) is 16.1 Å². The molecule has 2 heterocycles. The van der Waals surface area contributed by atoms with Gasteiger partial charge in [0.2, 0.25) is 5.76 Å². The van der Waals surface area contributed by atoms with Crippen molar-refractivity contribution in [2.24, 2.45) is 0 Å². The molecule has 5 heteroatoms. The molecular weight excluding hydrogens is 234 g/mol. The van der Waals surface area contributed by atoms with Crippen molar-refractivity contribution >= 4 is 5.97 Å². The Morgan fingerprint density at radius 1 is 1.50 bits per heavy atom. The van der Waals surface area contributed by atoms with Gasteiger partial charge in [-0.2, -0.15) is 0 Å². The minimum absolute atomic E-state index is 0.0750. The highest BCUT2D eigenvalue weighted by Gasteiger charge is 2.13. The molecule has 0 aromatic carbocycles. The summed E-state index contributed by atoms with van der Waals surface area (Å²) in [6.07, 6.45) is 1.69. The maximum absolute atomic E-state index is 10.8. The predicted molar refractivity (Wildman–Crippen MR) is 63.7 cm³/mol. The third kappa shape index (κ3) is 2.51. The van der Waals surface area contributed by atoms with Gasteiger partial charge in [0.25, 0.3) is 0 Å². The summed E-state index contributed by atoms with van der Waals surface area (Å²) in [6, 6.07) is 5.08. The maximum Gasteiger partial charge on any atom is 0.371 e. The molecule has 0 amide bonds. The monoisotopic (exact) mass is 247 g/mol. The van der Waals surface area contributed by atoms with Crippen LogP contribution in [0, 0.1) is 13.8 Å². The first-order valence-electron chi connectivity index (χ1n) is 5.45. The van der Waals surface area contributed by atoms with Gasteiger partial charge in [0.1, 0.15) is 18.1 Å². The number of ether oxygens (including phenoxy) is 1. The summed E-state index contributed by atoms with van der Waals surface area (Å²) >= 11 is 0. The van der Waals surface area contributed by atoms with E-state index in [0.29, 0.717) is 11.5 Å². The average Bonchev–Trinajstić information content (AvgIpc) is 2.70. The minimum atomic E-state index is -1.08. The Bertz CT molecular complexity index is 574. The Labute approximate surface area is 104 Å². The first kappa shape index (κ1) is 12.2. The lowest BCUT2D eigenvalue weighted by atomic mass is 10.2. The van der Waals surface area contributed by atoms with E-state index in [9.17, 15) is 4.79 Å². The van der Waals surface area contributed by atoms with Gasteiger partial charge in [-0.15, -0.1) is 0 Å². The van der Waals surface area contributed by atoms with Crippen molar-refractivity contribution in [3.05, 3.63) is 47.2 Å². The lowest BCUT2D eigenvalue weighted by molar-refractivity contribution is 0.0661. The van der Waals surface area contributed by atoms with Crippen LogP contribution < -0.4 is 4.74 Å². The number of aryl methyl sites for hydroxylation is 2. The fourth-order valence-electron chi connectivity index (χ4n) is 1.55. The molecule has 2 rings (SSSR count). The van der Waals surface area contributed by atoms with Crippen LogP contribution in [-0.2, 0) is 6.61 Å². The molecule has 2 aromatic heterocycles. The molecule has 94 valence electrons. The lowest BCUT2D eigenvalue weighted by Crippen LogP contribution is -1.98. The summed E-state index contributed by atoms with van der Waals surface area (Å²) in [7, 11) is 0. The van der Waals surface area contributed by atoms with Crippen LogP contribution in [0.3, 0.4) is 0 Å². The molecule has 0 aliphatic carbocycles. The molecule has 5 nitrogen and oxygen atoms in total. The molecule has 0 radical (unpaired) electrons. The Morgan fingerprint density at radius 2 is 2.28 bits per heavy atom. The van der Waals surface area contributed by atoms with E-state index >= 15 is 0 Å². The van der Waals surface area contributed by atoms with Crippen molar-refractivity contribution in [1.29, 1.82) is 0 Å². The lowest BCUT2D eigenvalue weighted by Gasteiger charge is -2.06. The molecule has 1 N–H and O–H groups in total. The number of carboxylic acids is 1. The first-order valence-corrected chi connectivity index (χ1v) is 5.45. The van der Waals surface area contributed by atoms with Crippen molar-refractivity contribution in [2.45, 2.75) is 20.5 Å². The van der Waals surface area contributed by atoms with Crippen molar-refractivity contribution in [3.8, 4) is 5.75 Å². The number of carboxylic acid groups (broad SMARTS) is 1. The number of hydrogen-bond donors (Lipinski definition) is 1. The van der Waals surface area contributed by atoms with Gasteiger partial charge >= 0.3 is 5.97 Å². The Hall–Kier alpha value is -2.30. The van der Waals surface area contributed by atoms with Gasteiger partial charge in [-0.05, 0) is 32.0 Å². The molecule has 0 atom stereocenters. The predicted octanol–water partition coefficient (Wildman–Crippen LogP) is 2.57. The molecule has 0 unspecified atom stereocenters. The molecule has 0 fully saturated rings. The average molecular weight is 247 g/mol. The third-order valence-electron chi connectivity index (χ3n) is 2.57. The minimum Gasteiger partial charge on any atom is -0.487 e. The van der Waals surface area contributed by atoms with Crippen LogP contribution in [0.2, 0.25) is 0 Å². The zero-order chi connectivity index (χ0) is 13.1. The molecule has 0 bridgehead atoms. The Kier molecular flexibility index (Phi) is 3.32. The Morgan fingerprint density at radius 3 is 2.89 bits per heavy atom. The van der Waals surface area contributed by atoms with Gasteiger partial charge in [-0.3, -0.25) is 4.98 Å². The van der Waals surface area contributed by atoms with Gasteiger partial charge < -0.3 is 14.3 Å². The second kappa shape index (κ2) is 4.91. The van der Waals surface area contributed by atoms with Gasteiger partial charge in [0.15, 0.2) is 0 Å². The van der Waals surface area contributed by atoms with Gasteiger partial charge in [-0.25, -0.2) is 4.79 Å². The highest BCUT2D eigenvalue weighted by molar-refractivity contribution is 5.84. The first-order chi connectivity index (χ1) is 8.58. The van der Waals surface area contributed by atoms with E-state index in [1.807, 2.05) is 13.0 Å². The summed E-state index contributed by atoms with van der Waals surface area (Å²) in [6.45, 7) is 3.82. The third-order valence-corrected chi connectivity index (χ3v) is 2.57. The molecule has 0 aliphatic heterocycles. The molecule has 0 spiro atoms. The highest BCUT2D eigenvalue weighted by Crippen LogP contribution is 2.19. The molecule has 0 aliphatic rings. The van der Waals surface area contributed by atoms with Crippen LogP contribution in [0.4, 0.5) is 0 Å². The standard InChI is InChI=1S/C13H13NO4/c1-8-11(4-3-5-14-8)17-7-10-6-12(13(15)16)18-9(10)2/h3-6H,7H2,1-2H3,(H,15,16). The normalized spacial score (nSPS) is 10.3. The number of carbonyl (C=O) groups is 1. The molecule has 2 aromatic rings.